The monoisotopic (exact) mass is 327 g/mol. The maximum Gasteiger partial charge on any atom is 0.270 e. The van der Waals surface area contributed by atoms with Crippen LogP contribution < -0.4 is 5.73 Å². The van der Waals surface area contributed by atoms with Crippen LogP contribution in [0.4, 0.5) is 0 Å². The molecular formula is C13H18BrN3O2. The molecule has 5 nitrogen and oxygen atoms in total. The summed E-state index contributed by atoms with van der Waals surface area (Å²) in [6.45, 7) is 5.07. The fourth-order valence-electron chi connectivity index (χ4n) is 2.38. The van der Waals surface area contributed by atoms with Gasteiger partial charge in [0.15, 0.2) is 0 Å². The average Bonchev–Trinajstić information content (AvgIpc) is 2.94. The third kappa shape index (κ3) is 2.83. The molecule has 0 aliphatic carbocycles. The molecule has 0 radical (unpaired) electrons. The minimum atomic E-state index is -0.323. The number of nitrogens with two attached hydrogens (primary N) is 1. The van der Waals surface area contributed by atoms with E-state index < -0.39 is 0 Å². The summed E-state index contributed by atoms with van der Waals surface area (Å²) in [4.78, 5) is 25.3. The molecule has 0 spiro atoms. The van der Waals surface area contributed by atoms with E-state index >= 15 is 0 Å². The van der Waals surface area contributed by atoms with Crippen molar-refractivity contribution in [3.63, 3.8) is 0 Å². The third-order valence-electron chi connectivity index (χ3n) is 3.47. The number of carbonyl (C=O) groups excluding carboxylic acids is 2. The van der Waals surface area contributed by atoms with Crippen LogP contribution in [0.5, 0.6) is 0 Å². The van der Waals surface area contributed by atoms with Crippen LogP contribution in [-0.4, -0.2) is 34.4 Å². The Morgan fingerprint density at radius 3 is 2.68 bits per heavy atom. The first-order valence-electron chi connectivity index (χ1n) is 6.36. The van der Waals surface area contributed by atoms with Crippen molar-refractivity contribution < 1.29 is 9.59 Å². The second-order valence-corrected chi connectivity index (χ2v) is 6.10. The lowest BCUT2D eigenvalue weighted by molar-refractivity contribution is -0.121. The third-order valence-corrected chi connectivity index (χ3v) is 3.90. The highest BCUT2D eigenvalue weighted by molar-refractivity contribution is 9.10. The van der Waals surface area contributed by atoms with Crippen molar-refractivity contribution in [2.24, 2.45) is 11.7 Å². The van der Waals surface area contributed by atoms with E-state index in [1.54, 1.807) is 4.90 Å². The fraction of sp³-hybridized carbons (Fsp3) is 0.538. The van der Waals surface area contributed by atoms with Gasteiger partial charge in [-0.15, -0.1) is 0 Å². The van der Waals surface area contributed by atoms with E-state index in [1.165, 1.54) is 0 Å². The van der Waals surface area contributed by atoms with Gasteiger partial charge < -0.3 is 15.2 Å². The topological polar surface area (TPSA) is 68.3 Å². The lowest BCUT2D eigenvalue weighted by atomic mass is 10.1. The number of halogens is 1. The second kappa shape index (κ2) is 5.36. The van der Waals surface area contributed by atoms with Crippen LogP contribution in [0, 0.1) is 5.92 Å². The van der Waals surface area contributed by atoms with Crippen LogP contribution in [0.2, 0.25) is 0 Å². The van der Waals surface area contributed by atoms with Gasteiger partial charge in [-0.05, 0) is 42.3 Å². The number of amides is 2. The molecule has 2 rings (SSSR count). The Morgan fingerprint density at radius 2 is 2.16 bits per heavy atom. The summed E-state index contributed by atoms with van der Waals surface area (Å²) in [7, 11) is 0. The minimum absolute atomic E-state index is 0.0387. The van der Waals surface area contributed by atoms with Crippen molar-refractivity contribution in [2.45, 2.75) is 26.3 Å². The Labute approximate surface area is 120 Å². The molecular weight excluding hydrogens is 310 g/mol. The average molecular weight is 328 g/mol. The molecule has 0 bridgehead atoms. The molecule has 0 unspecified atom stereocenters. The Balaban J connectivity index is 2.19. The normalized spacial score (nSPS) is 19.2. The predicted octanol–water partition coefficient (Wildman–Crippen LogP) is 1.78. The standard InChI is InChI=1S/C13H18BrN3O2/c1-8(2)17-7-10(14)5-11(17)13(19)16-4-3-9(6-16)12(15)18/h5,7-9H,3-4,6H2,1-2H3,(H2,15,18)/t9-/m0/s1. The van der Waals surface area contributed by atoms with Gasteiger partial charge in [-0.2, -0.15) is 0 Å². The Morgan fingerprint density at radius 1 is 1.47 bits per heavy atom. The molecule has 0 saturated carbocycles. The lowest BCUT2D eigenvalue weighted by Crippen LogP contribution is -2.33. The summed E-state index contributed by atoms with van der Waals surface area (Å²) in [5.74, 6) is -0.575. The molecule has 2 heterocycles. The van der Waals surface area contributed by atoms with Gasteiger partial charge in [0.05, 0.1) is 5.92 Å². The Kier molecular flexibility index (Phi) is 3.99. The fourth-order valence-corrected chi connectivity index (χ4v) is 2.82. The Hall–Kier alpha value is -1.30. The number of rotatable bonds is 3. The zero-order chi connectivity index (χ0) is 14.2. The van der Waals surface area contributed by atoms with Gasteiger partial charge in [-0.3, -0.25) is 9.59 Å². The van der Waals surface area contributed by atoms with E-state index in [1.807, 2.05) is 30.7 Å². The van der Waals surface area contributed by atoms with Crippen LogP contribution in [0.15, 0.2) is 16.7 Å². The zero-order valence-corrected chi connectivity index (χ0v) is 12.7. The van der Waals surface area contributed by atoms with Crippen LogP contribution in [0.1, 0.15) is 36.8 Å². The molecule has 1 aliphatic rings. The number of nitrogens with zero attached hydrogens (tertiary/aromatic N) is 2. The second-order valence-electron chi connectivity index (χ2n) is 5.18. The molecule has 1 aromatic rings. The predicted molar refractivity (Wildman–Crippen MR) is 75.7 cm³/mol. The van der Waals surface area contributed by atoms with E-state index in [9.17, 15) is 9.59 Å². The number of hydrogen-bond donors (Lipinski definition) is 1. The molecule has 2 amide bonds. The molecule has 19 heavy (non-hydrogen) atoms. The number of carbonyl (C=O) groups is 2. The van der Waals surface area contributed by atoms with Gasteiger partial charge in [0.25, 0.3) is 5.91 Å². The first kappa shape index (κ1) is 14.1. The molecule has 104 valence electrons. The quantitative estimate of drug-likeness (QED) is 0.919. The number of hydrogen-bond acceptors (Lipinski definition) is 2. The number of primary amides is 1. The van der Waals surface area contributed by atoms with Crippen molar-refractivity contribution in [2.75, 3.05) is 13.1 Å². The van der Waals surface area contributed by atoms with Crippen LogP contribution in [0.3, 0.4) is 0 Å². The molecule has 1 atom stereocenters. The van der Waals surface area contributed by atoms with E-state index in [0.717, 1.165) is 4.47 Å². The maximum absolute atomic E-state index is 12.5. The maximum atomic E-state index is 12.5. The highest BCUT2D eigenvalue weighted by Gasteiger charge is 2.31. The molecule has 6 heteroatoms. The van der Waals surface area contributed by atoms with Crippen molar-refractivity contribution in [1.82, 2.24) is 9.47 Å². The van der Waals surface area contributed by atoms with Crippen LogP contribution in [0.25, 0.3) is 0 Å². The summed E-state index contributed by atoms with van der Waals surface area (Å²) in [6.07, 6.45) is 2.56. The van der Waals surface area contributed by atoms with E-state index in [4.69, 9.17) is 5.73 Å². The summed E-state index contributed by atoms with van der Waals surface area (Å²) in [6, 6.07) is 2.03. The van der Waals surface area contributed by atoms with Crippen molar-refractivity contribution in [3.05, 3.63) is 22.4 Å². The molecule has 1 aliphatic heterocycles. The van der Waals surface area contributed by atoms with E-state index in [2.05, 4.69) is 15.9 Å². The van der Waals surface area contributed by atoms with Crippen LogP contribution in [-0.2, 0) is 4.79 Å². The molecule has 0 aromatic carbocycles. The molecule has 1 fully saturated rings. The van der Waals surface area contributed by atoms with Crippen molar-refractivity contribution >= 4 is 27.7 Å². The van der Waals surface area contributed by atoms with Crippen LogP contribution >= 0.6 is 15.9 Å². The molecule has 1 saturated heterocycles. The van der Waals surface area contributed by atoms with Gasteiger partial charge in [0, 0.05) is 29.8 Å². The van der Waals surface area contributed by atoms with Crippen molar-refractivity contribution in [3.8, 4) is 0 Å². The van der Waals surface area contributed by atoms with Gasteiger partial charge in [-0.1, -0.05) is 0 Å². The summed E-state index contributed by atoms with van der Waals surface area (Å²) >= 11 is 3.40. The van der Waals surface area contributed by atoms with Gasteiger partial charge in [-0.25, -0.2) is 0 Å². The van der Waals surface area contributed by atoms with E-state index in [-0.39, 0.29) is 23.8 Å². The molecule has 2 N–H and O–H groups in total. The van der Waals surface area contributed by atoms with Gasteiger partial charge in [0.1, 0.15) is 5.69 Å². The molecule has 1 aromatic heterocycles. The summed E-state index contributed by atoms with van der Waals surface area (Å²) in [5, 5.41) is 0. The largest absolute Gasteiger partial charge is 0.369 e. The summed E-state index contributed by atoms with van der Waals surface area (Å²) < 4.78 is 2.82. The number of aromatic nitrogens is 1. The SMILES string of the molecule is CC(C)n1cc(Br)cc1C(=O)N1CC[C@H](C(N)=O)C1. The smallest absolute Gasteiger partial charge is 0.270 e. The Bertz CT molecular complexity index is 510. The lowest BCUT2D eigenvalue weighted by Gasteiger charge is -2.19. The first-order valence-corrected chi connectivity index (χ1v) is 7.15. The summed E-state index contributed by atoms with van der Waals surface area (Å²) in [5.41, 5.74) is 5.94. The van der Waals surface area contributed by atoms with Gasteiger partial charge >= 0.3 is 0 Å². The minimum Gasteiger partial charge on any atom is -0.369 e. The first-order chi connectivity index (χ1) is 8.90. The highest BCUT2D eigenvalue weighted by Crippen LogP contribution is 2.23. The zero-order valence-electron chi connectivity index (χ0n) is 11.1. The number of likely N-dealkylation sites (tertiary alicyclic amines) is 1. The van der Waals surface area contributed by atoms with Crippen molar-refractivity contribution in [1.29, 1.82) is 0 Å². The van der Waals surface area contributed by atoms with Gasteiger partial charge in [0.2, 0.25) is 5.91 Å². The highest BCUT2D eigenvalue weighted by atomic mass is 79.9. The van der Waals surface area contributed by atoms with E-state index in [0.29, 0.717) is 25.2 Å².